The normalized spacial score (nSPS) is 17.1. The van der Waals surface area contributed by atoms with Crippen molar-refractivity contribution >= 4 is 23.4 Å². The zero-order valence-electron chi connectivity index (χ0n) is 37.1. The molecular weight excluding hydrogens is 877 g/mol. The van der Waals surface area contributed by atoms with Crippen LogP contribution in [0.3, 0.4) is 0 Å². The van der Waals surface area contributed by atoms with Crippen LogP contribution in [0.4, 0.5) is 17.6 Å². The maximum Gasteiger partial charge on any atom is 0.253 e. The Morgan fingerprint density at radius 3 is 1.22 bits per heavy atom. The SMILES string of the molecule is O=C1COc2ccc(C(=O)N3CCC([C@@H](c4ccc(F)cc4)c4ccc(F)nc4)CC3)cc2C1.O=C1COc2ccc(C(=O)N3CCC([C@H](c4ccc(F)cc4)c4ccc(F)nc4)CC3)cc2C1. The first-order chi connectivity index (χ1) is 32.9. The van der Waals surface area contributed by atoms with Crippen molar-refractivity contribution in [3.8, 4) is 11.5 Å². The summed E-state index contributed by atoms with van der Waals surface area (Å²) < 4.78 is 64.8. The van der Waals surface area contributed by atoms with Crippen LogP contribution in [0.5, 0.6) is 11.5 Å². The minimum absolute atomic E-state index is 0.0000290. The average Bonchev–Trinajstić information content (AvgIpc) is 3.36. The highest BCUT2D eigenvalue weighted by Crippen LogP contribution is 2.40. The lowest BCUT2D eigenvalue weighted by molar-refractivity contribution is -0.122. The maximum atomic E-state index is 13.5. The summed E-state index contributed by atoms with van der Waals surface area (Å²) in [4.78, 5) is 61.1. The minimum Gasteiger partial charge on any atom is -0.486 e. The van der Waals surface area contributed by atoms with Crippen LogP contribution in [0.25, 0.3) is 0 Å². The number of likely N-dealkylation sites (tertiary alicyclic amines) is 2. The second-order valence-corrected chi connectivity index (χ2v) is 17.8. The number of ether oxygens (including phenoxy) is 2. The number of hydrogen-bond donors (Lipinski definition) is 0. The number of ketones is 2. The van der Waals surface area contributed by atoms with E-state index in [1.165, 1.54) is 48.8 Å². The Morgan fingerprint density at radius 2 is 0.868 bits per heavy atom. The predicted octanol–water partition coefficient (Wildman–Crippen LogP) is 9.10. The summed E-state index contributed by atoms with van der Waals surface area (Å²) in [5.74, 6) is -0.284. The first-order valence-corrected chi connectivity index (χ1v) is 22.8. The highest BCUT2D eigenvalue weighted by molar-refractivity contribution is 5.96. The Bertz CT molecular complexity index is 2510. The van der Waals surface area contributed by atoms with Gasteiger partial charge in [0.15, 0.2) is 11.6 Å². The van der Waals surface area contributed by atoms with Crippen LogP contribution < -0.4 is 9.47 Å². The standard InChI is InChI=1S/2C27H24F2N2O3/c2*28-22-5-1-17(2-6-22)26(20-4-8-25(29)30-15-20)18-9-11-31(12-10-18)27(33)19-3-7-24-21(13-19)14-23(32)16-34-24/h2*1-8,13,15,18,26H,9-12,14,16H2/t2*26-/m10/s1. The van der Waals surface area contributed by atoms with Gasteiger partial charge >= 0.3 is 0 Å². The zero-order chi connectivity index (χ0) is 47.3. The molecule has 348 valence electrons. The number of benzene rings is 4. The van der Waals surface area contributed by atoms with Gasteiger partial charge in [-0.2, -0.15) is 8.78 Å². The van der Waals surface area contributed by atoms with E-state index in [1.54, 1.807) is 72.8 Å². The Morgan fingerprint density at radius 1 is 0.500 bits per heavy atom. The smallest absolute Gasteiger partial charge is 0.253 e. The first kappa shape index (κ1) is 45.9. The van der Waals surface area contributed by atoms with Crippen LogP contribution in [0.15, 0.2) is 122 Å². The Balaban J connectivity index is 0.000000170. The van der Waals surface area contributed by atoms with E-state index < -0.39 is 11.9 Å². The zero-order valence-corrected chi connectivity index (χ0v) is 37.1. The number of aromatic nitrogens is 2. The average molecular weight is 925 g/mol. The Hall–Kier alpha value is -7.22. The monoisotopic (exact) mass is 924 g/mol. The van der Waals surface area contributed by atoms with Crippen molar-refractivity contribution in [3.05, 3.63) is 190 Å². The molecule has 0 N–H and O–H groups in total. The number of carbonyl (C=O) groups is 4. The van der Waals surface area contributed by atoms with Crippen molar-refractivity contribution in [1.82, 2.24) is 19.8 Å². The first-order valence-electron chi connectivity index (χ1n) is 22.8. The lowest BCUT2D eigenvalue weighted by atomic mass is 9.76. The number of rotatable bonds is 8. The second-order valence-electron chi connectivity index (χ2n) is 17.8. The molecule has 6 heterocycles. The molecule has 6 aromatic rings. The minimum atomic E-state index is -0.542. The molecule has 4 aliphatic rings. The van der Waals surface area contributed by atoms with Gasteiger partial charge in [-0.05, 0) is 133 Å². The van der Waals surface area contributed by atoms with Crippen LogP contribution in [-0.4, -0.2) is 82.5 Å². The molecule has 2 fully saturated rings. The molecule has 0 spiro atoms. The molecule has 0 aliphatic carbocycles. The summed E-state index contributed by atoms with van der Waals surface area (Å²) in [7, 11) is 0. The molecule has 4 aliphatic heterocycles. The fourth-order valence-corrected chi connectivity index (χ4v) is 10.0. The molecule has 0 bridgehead atoms. The number of amides is 2. The third kappa shape index (κ3) is 10.5. The van der Waals surface area contributed by atoms with Crippen molar-refractivity contribution in [2.24, 2.45) is 11.8 Å². The fraction of sp³-hybridized carbons (Fsp3) is 0.296. The van der Waals surface area contributed by atoms with E-state index in [2.05, 4.69) is 9.97 Å². The Kier molecular flexibility index (Phi) is 13.7. The van der Waals surface area contributed by atoms with E-state index in [9.17, 15) is 36.7 Å². The quantitative estimate of drug-likeness (QED) is 0.110. The van der Waals surface area contributed by atoms with E-state index in [0.29, 0.717) is 48.8 Å². The van der Waals surface area contributed by atoms with Crippen LogP contribution >= 0.6 is 0 Å². The van der Waals surface area contributed by atoms with Crippen molar-refractivity contribution in [2.45, 2.75) is 50.4 Å². The van der Waals surface area contributed by atoms with Gasteiger partial charge in [0, 0.05) is 85.5 Å². The molecule has 0 saturated carbocycles. The van der Waals surface area contributed by atoms with Gasteiger partial charge in [-0.1, -0.05) is 36.4 Å². The number of halogens is 4. The summed E-state index contributed by atoms with van der Waals surface area (Å²) >= 11 is 0. The molecule has 68 heavy (non-hydrogen) atoms. The van der Waals surface area contributed by atoms with E-state index in [1.807, 2.05) is 9.80 Å². The van der Waals surface area contributed by atoms with Crippen molar-refractivity contribution in [2.75, 3.05) is 39.4 Å². The molecule has 0 radical (unpaired) electrons. The second kappa shape index (κ2) is 20.3. The van der Waals surface area contributed by atoms with E-state index >= 15 is 0 Å². The number of Topliss-reactive ketones (excluding diaryl/α,β-unsaturated/α-hetero) is 2. The summed E-state index contributed by atoms with van der Waals surface area (Å²) in [5.41, 5.74) is 6.23. The summed E-state index contributed by atoms with van der Waals surface area (Å²) in [6, 6.07) is 29.4. The van der Waals surface area contributed by atoms with E-state index in [4.69, 9.17) is 9.47 Å². The topological polar surface area (TPSA) is 119 Å². The van der Waals surface area contributed by atoms with Gasteiger partial charge in [-0.15, -0.1) is 0 Å². The van der Waals surface area contributed by atoms with Crippen LogP contribution in [-0.2, 0) is 22.4 Å². The number of hydrogen-bond acceptors (Lipinski definition) is 8. The number of pyridine rings is 2. The predicted molar refractivity (Wildman–Crippen MR) is 243 cm³/mol. The molecule has 10 rings (SSSR count). The lowest BCUT2D eigenvalue weighted by Crippen LogP contribution is -2.40. The third-order valence-corrected chi connectivity index (χ3v) is 13.4. The molecular formula is C54H48F4N4O6. The molecule has 2 amide bonds. The van der Waals surface area contributed by atoms with Gasteiger partial charge in [0.25, 0.3) is 11.8 Å². The molecule has 4 aromatic carbocycles. The van der Waals surface area contributed by atoms with Crippen molar-refractivity contribution < 1.29 is 46.2 Å². The highest BCUT2D eigenvalue weighted by atomic mass is 19.1. The molecule has 2 atom stereocenters. The number of nitrogens with zero attached hydrogens (tertiary/aromatic N) is 4. The number of fused-ring (bicyclic) bond motifs is 2. The highest BCUT2D eigenvalue weighted by Gasteiger charge is 2.34. The van der Waals surface area contributed by atoms with Crippen LogP contribution in [0, 0.1) is 35.4 Å². The largest absolute Gasteiger partial charge is 0.486 e. The van der Waals surface area contributed by atoms with Crippen LogP contribution in [0.1, 0.15) is 91.6 Å². The summed E-state index contributed by atoms with van der Waals surface area (Å²) in [6.45, 7) is 2.44. The molecule has 14 heteroatoms. The van der Waals surface area contributed by atoms with Crippen molar-refractivity contribution in [1.29, 1.82) is 0 Å². The van der Waals surface area contributed by atoms with Crippen molar-refractivity contribution in [3.63, 3.8) is 0 Å². The van der Waals surface area contributed by atoms with Gasteiger partial charge in [-0.25, -0.2) is 18.7 Å². The molecule has 2 aromatic heterocycles. The lowest BCUT2D eigenvalue weighted by Gasteiger charge is -2.36. The van der Waals surface area contributed by atoms with Gasteiger partial charge in [0.1, 0.15) is 36.3 Å². The summed E-state index contributed by atoms with van der Waals surface area (Å²) in [5, 5.41) is 0. The molecule has 2 saturated heterocycles. The fourth-order valence-electron chi connectivity index (χ4n) is 10.0. The van der Waals surface area contributed by atoms with E-state index in [-0.39, 0.29) is 84.7 Å². The summed E-state index contributed by atoms with van der Waals surface area (Å²) in [6.07, 6.45) is 6.63. The molecule has 0 unspecified atom stereocenters. The Labute approximate surface area is 390 Å². The van der Waals surface area contributed by atoms with Gasteiger partial charge in [-0.3, -0.25) is 19.2 Å². The van der Waals surface area contributed by atoms with Gasteiger partial charge in [0.2, 0.25) is 11.9 Å². The molecule has 10 nitrogen and oxygen atoms in total. The number of piperidine rings is 2. The maximum absolute atomic E-state index is 13.5. The third-order valence-electron chi connectivity index (χ3n) is 13.4. The number of carbonyl (C=O) groups excluding carboxylic acids is 4. The van der Waals surface area contributed by atoms with Crippen LogP contribution in [0.2, 0.25) is 0 Å². The van der Waals surface area contributed by atoms with Gasteiger partial charge in [0.05, 0.1) is 0 Å². The van der Waals surface area contributed by atoms with Gasteiger partial charge < -0.3 is 19.3 Å². The van der Waals surface area contributed by atoms with E-state index in [0.717, 1.165) is 59.1 Å².